The van der Waals surface area contributed by atoms with Crippen LogP contribution in [-0.4, -0.2) is 16.7 Å². The van der Waals surface area contributed by atoms with E-state index in [1.807, 2.05) is 18.2 Å². The fourth-order valence-electron chi connectivity index (χ4n) is 2.32. The van der Waals surface area contributed by atoms with Gasteiger partial charge in [0, 0.05) is 11.9 Å². The molecular formula is C16H18N4. The lowest BCUT2D eigenvalue weighted by molar-refractivity contribution is 0.805. The van der Waals surface area contributed by atoms with Gasteiger partial charge in [0.25, 0.3) is 0 Å². The van der Waals surface area contributed by atoms with Crippen LogP contribution in [0.2, 0.25) is 0 Å². The van der Waals surface area contributed by atoms with Crippen LogP contribution in [0.25, 0.3) is 10.9 Å². The van der Waals surface area contributed by atoms with Gasteiger partial charge in [0.2, 0.25) is 0 Å². The monoisotopic (exact) mass is 266 g/mol. The minimum Gasteiger partial charge on any atom is -0.397 e. The Balaban J connectivity index is 1.75. The Morgan fingerprint density at radius 3 is 2.85 bits per heavy atom. The maximum atomic E-state index is 6.07. The fourth-order valence-corrected chi connectivity index (χ4v) is 2.32. The van der Waals surface area contributed by atoms with Crippen molar-refractivity contribution >= 4 is 22.3 Å². The van der Waals surface area contributed by atoms with E-state index in [2.05, 4.69) is 46.7 Å². The zero-order valence-corrected chi connectivity index (χ0v) is 11.4. The topological polar surface area (TPSA) is 66.7 Å². The number of H-pyrrole nitrogens is 1. The van der Waals surface area contributed by atoms with E-state index in [1.165, 1.54) is 5.56 Å². The molecule has 2 aromatic carbocycles. The van der Waals surface area contributed by atoms with Crippen LogP contribution in [0.5, 0.6) is 0 Å². The first-order valence-corrected chi connectivity index (χ1v) is 6.75. The van der Waals surface area contributed by atoms with Gasteiger partial charge in [-0.2, -0.15) is 5.10 Å². The highest BCUT2D eigenvalue weighted by atomic mass is 15.1. The number of fused-ring (bicyclic) bond motifs is 1. The summed E-state index contributed by atoms with van der Waals surface area (Å²) in [6.07, 6.45) is 1.78. The molecular weight excluding hydrogens is 248 g/mol. The number of nitrogens with zero attached hydrogens (tertiary/aromatic N) is 1. The second-order valence-electron chi connectivity index (χ2n) is 5.09. The van der Waals surface area contributed by atoms with Gasteiger partial charge in [0.05, 0.1) is 23.1 Å². The van der Waals surface area contributed by atoms with Crippen LogP contribution < -0.4 is 11.1 Å². The maximum Gasteiger partial charge on any atom is 0.0672 e. The van der Waals surface area contributed by atoms with Gasteiger partial charge in [-0.3, -0.25) is 5.10 Å². The van der Waals surface area contributed by atoms with E-state index < -0.39 is 0 Å². The van der Waals surface area contributed by atoms with Gasteiger partial charge in [-0.15, -0.1) is 0 Å². The van der Waals surface area contributed by atoms with Crippen molar-refractivity contribution in [2.45, 2.75) is 12.8 Å². The predicted octanol–water partition coefficient (Wildman–Crippen LogP) is 3.36. The van der Waals surface area contributed by atoms with Gasteiger partial charge in [0.1, 0.15) is 0 Å². The normalized spacial score (nSPS) is 12.4. The Hall–Kier alpha value is -2.49. The van der Waals surface area contributed by atoms with E-state index >= 15 is 0 Å². The third kappa shape index (κ3) is 2.45. The summed E-state index contributed by atoms with van der Waals surface area (Å²) in [4.78, 5) is 0. The van der Waals surface area contributed by atoms with Crippen LogP contribution in [0.4, 0.5) is 11.4 Å². The minimum absolute atomic E-state index is 0.424. The molecule has 102 valence electrons. The summed E-state index contributed by atoms with van der Waals surface area (Å²) in [5, 5.41) is 11.4. The Labute approximate surface area is 118 Å². The molecule has 0 aliphatic rings. The lowest BCUT2D eigenvalue weighted by atomic mass is 10.0. The average Bonchev–Trinajstić information content (AvgIpc) is 2.92. The highest BCUT2D eigenvalue weighted by Crippen LogP contribution is 2.25. The number of nitrogens with one attached hydrogen (secondary N) is 2. The SMILES string of the molecule is CC(CNc1cc2[nH]ncc2cc1N)c1ccccc1. The van der Waals surface area contributed by atoms with Crippen molar-refractivity contribution in [1.82, 2.24) is 10.2 Å². The zero-order chi connectivity index (χ0) is 13.9. The molecule has 4 N–H and O–H groups in total. The Morgan fingerprint density at radius 2 is 2.05 bits per heavy atom. The van der Waals surface area contributed by atoms with Crippen molar-refractivity contribution in [2.75, 3.05) is 17.6 Å². The predicted molar refractivity (Wildman–Crippen MR) is 83.9 cm³/mol. The number of aromatic amines is 1. The smallest absolute Gasteiger partial charge is 0.0672 e. The lowest BCUT2D eigenvalue weighted by Gasteiger charge is -2.15. The highest BCUT2D eigenvalue weighted by Gasteiger charge is 2.07. The molecule has 1 unspecified atom stereocenters. The van der Waals surface area contributed by atoms with Crippen LogP contribution in [0.3, 0.4) is 0 Å². The van der Waals surface area contributed by atoms with Crippen molar-refractivity contribution in [1.29, 1.82) is 0 Å². The molecule has 1 aromatic heterocycles. The fraction of sp³-hybridized carbons (Fsp3) is 0.188. The van der Waals surface area contributed by atoms with Crippen molar-refractivity contribution < 1.29 is 0 Å². The second-order valence-corrected chi connectivity index (χ2v) is 5.09. The van der Waals surface area contributed by atoms with Crippen molar-refractivity contribution in [3.8, 4) is 0 Å². The quantitative estimate of drug-likeness (QED) is 0.634. The summed E-state index contributed by atoms with van der Waals surface area (Å²) in [5.74, 6) is 0.424. The molecule has 4 heteroatoms. The molecule has 3 rings (SSSR count). The van der Waals surface area contributed by atoms with Crippen LogP contribution in [-0.2, 0) is 0 Å². The van der Waals surface area contributed by atoms with Gasteiger partial charge in [-0.25, -0.2) is 0 Å². The Bertz CT molecular complexity index is 703. The molecule has 0 saturated carbocycles. The number of rotatable bonds is 4. The second kappa shape index (κ2) is 5.25. The highest BCUT2D eigenvalue weighted by molar-refractivity contribution is 5.88. The molecule has 1 atom stereocenters. The number of anilines is 2. The first-order valence-electron chi connectivity index (χ1n) is 6.75. The molecule has 0 spiro atoms. The molecule has 0 radical (unpaired) electrons. The largest absolute Gasteiger partial charge is 0.397 e. The number of hydrogen-bond donors (Lipinski definition) is 3. The zero-order valence-electron chi connectivity index (χ0n) is 11.4. The summed E-state index contributed by atoms with van der Waals surface area (Å²) in [6, 6.07) is 14.4. The van der Waals surface area contributed by atoms with Gasteiger partial charge in [-0.1, -0.05) is 37.3 Å². The molecule has 0 aliphatic heterocycles. The number of benzene rings is 2. The summed E-state index contributed by atoms with van der Waals surface area (Å²) >= 11 is 0. The summed E-state index contributed by atoms with van der Waals surface area (Å²) in [5.41, 5.74) is 10.1. The molecule has 0 saturated heterocycles. The molecule has 0 fully saturated rings. The van der Waals surface area contributed by atoms with E-state index in [0.717, 1.165) is 28.8 Å². The average molecular weight is 266 g/mol. The lowest BCUT2D eigenvalue weighted by Crippen LogP contribution is -2.11. The van der Waals surface area contributed by atoms with E-state index in [0.29, 0.717) is 5.92 Å². The van der Waals surface area contributed by atoms with Gasteiger partial charge in [0.15, 0.2) is 0 Å². The molecule has 0 amide bonds. The van der Waals surface area contributed by atoms with Crippen molar-refractivity contribution in [3.63, 3.8) is 0 Å². The first kappa shape index (κ1) is 12.5. The maximum absolute atomic E-state index is 6.07. The standard InChI is InChI=1S/C16H18N4/c1-11(12-5-3-2-4-6-12)9-18-16-8-15-13(7-14(16)17)10-19-20-15/h2-8,10-11,18H,9,17H2,1H3,(H,19,20). The third-order valence-electron chi connectivity index (χ3n) is 3.58. The Morgan fingerprint density at radius 1 is 1.25 bits per heavy atom. The van der Waals surface area contributed by atoms with E-state index in [4.69, 9.17) is 5.73 Å². The number of nitrogen functional groups attached to an aromatic ring is 1. The van der Waals surface area contributed by atoms with Crippen LogP contribution in [0.1, 0.15) is 18.4 Å². The first-order chi connectivity index (χ1) is 9.74. The van der Waals surface area contributed by atoms with Gasteiger partial charge < -0.3 is 11.1 Å². The molecule has 4 nitrogen and oxygen atoms in total. The van der Waals surface area contributed by atoms with Gasteiger partial charge >= 0.3 is 0 Å². The van der Waals surface area contributed by atoms with E-state index in [-0.39, 0.29) is 0 Å². The van der Waals surface area contributed by atoms with Gasteiger partial charge in [-0.05, 0) is 23.6 Å². The summed E-state index contributed by atoms with van der Waals surface area (Å²) in [7, 11) is 0. The number of hydrogen-bond acceptors (Lipinski definition) is 3. The minimum atomic E-state index is 0.424. The van der Waals surface area contributed by atoms with E-state index in [9.17, 15) is 0 Å². The number of aromatic nitrogens is 2. The molecule has 1 heterocycles. The number of nitrogens with two attached hydrogens (primary N) is 1. The van der Waals surface area contributed by atoms with E-state index in [1.54, 1.807) is 6.20 Å². The molecule has 20 heavy (non-hydrogen) atoms. The van der Waals surface area contributed by atoms with Crippen molar-refractivity contribution in [2.24, 2.45) is 0 Å². The molecule has 0 bridgehead atoms. The summed E-state index contributed by atoms with van der Waals surface area (Å²) < 4.78 is 0. The van der Waals surface area contributed by atoms with Crippen LogP contribution in [0.15, 0.2) is 48.7 Å². The molecule has 0 aliphatic carbocycles. The van der Waals surface area contributed by atoms with Crippen molar-refractivity contribution in [3.05, 3.63) is 54.2 Å². The van der Waals surface area contributed by atoms with Crippen LogP contribution in [0, 0.1) is 0 Å². The third-order valence-corrected chi connectivity index (χ3v) is 3.58. The summed E-state index contributed by atoms with van der Waals surface area (Å²) in [6.45, 7) is 3.04. The van der Waals surface area contributed by atoms with Crippen LogP contribution >= 0.6 is 0 Å². The Kier molecular flexibility index (Phi) is 3.29. The molecule has 3 aromatic rings.